The number of thiazole rings is 1. The molecule has 3 heterocycles. The largest absolute Gasteiger partial charge is 0.493 e. The monoisotopic (exact) mass is 651 g/mol. The maximum absolute atomic E-state index is 14.2. The summed E-state index contributed by atoms with van der Waals surface area (Å²) in [6.45, 7) is 3.61. The molecule has 47 heavy (non-hydrogen) atoms. The zero-order chi connectivity index (χ0) is 33.2. The van der Waals surface area contributed by atoms with E-state index in [9.17, 15) is 19.7 Å². The van der Waals surface area contributed by atoms with Gasteiger partial charge in [0, 0.05) is 29.3 Å². The Morgan fingerprint density at radius 3 is 2.49 bits per heavy atom. The van der Waals surface area contributed by atoms with Crippen molar-refractivity contribution in [3.8, 4) is 22.8 Å². The van der Waals surface area contributed by atoms with E-state index in [4.69, 9.17) is 23.6 Å². The maximum Gasteiger partial charge on any atom is 0.338 e. The number of non-ortho nitro benzene ring substituents is 1. The molecule has 0 spiro atoms. The van der Waals surface area contributed by atoms with Crippen molar-refractivity contribution in [2.75, 3.05) is 20.8 Å². The second-order valence-corrected chi connectivity index (χ2v) is 11.5. The number of carbonyl (C=O) groups excluding carboxylic acids is 1. The van der Waals surface area contributed by atoms with Gasteiger partial charge in [-0.2, -0.15) is 0 Å². The lowest BCUT2D eigenvalue weighted by Gasteiger charge is -2.26. The summed E-state index contributed by atoms with van der Waals surface area (Å²) in [6.07, 6.45) is 1.62. The van der Waals surface area contributed by atoms with Crippen LogP contribution in [0.4, 0.5) is 5.69 Å². The average molecular weight is 652 g/mol. The molecule has 0 fully saturated rings. The Kier molecular flexibility index (Phi) is 8.59. The third-order valence-electron chi connectivity index (χ3n) is 7.68. The van der Waals surface area contributed by atoms with Gasteiger partial charge in [0.25, 0.3) is 11.2 Å². The van der Waals surface area contributed by atoms with Gasteiger partial charge in [-0.25, -0.2) is 9.79 Å². The molecular formula is C35H29N3O8S. The molecule has 0 radical (unpaired) electrons. The fourth-order valence-electron chi connectivity index (χ4n) is 5.52. The first-order valence-corrected chi connectivity index (χ1v) is 15.4. The number of fused-ring (bicyclic) bond motifs is 1. The van der Waals surface area contributed by atoms with Gasteiger partial charge >= 0.3 is 5.97 Å². The van der Waals surface area contributed by atoms with Crippen LogP contribution in [0.3, 0.4) is 0 Å². The summed E-state index contributed by atoms with van der Waals surface area (Å²) in [6, 6.07) is 21.6. The highest BCUT2D eigenvalue weighted by Crippen LogP contribution is 2.38. The standard InChI is InChI=1S/C35H29N3O8S/c1-5-45-34(40)30-31(21-9-7-6-8-10-21)36-35-37(32(30)22-11-15-27(43-3)28(18-22)44-4)33(39)29(47-35)19-24-13-16-26(46-24)25-14-12-23(38(41)42)17-20(25)2/h6-19,32H,5H2,1-4H3/b29-19-/t32-/m0/s1. The number of hydrogen-bond donors (Lipinski definition) is 0. The number of nitro benzene ring substituents is 1. The smallest absolute Gasteiger partial charge is 0.338 e. The van der Waals surface area contributed by atoms with Gasteiger partial charge < -0.3 is 18.6 Å². The summed E-state index contributed by atoms with van der Waals surface area (Å²) in [5.41, 5.74) is 2.85. The van der Waals surface area contributed by atoms with E-state index in [2.05, 4.69) is 0 Å². The summed E-state index contributed by atoms with van der Waals surface area (Å²) in [5, 5.41) is 11.2. The number of benzene rings is 3. The molecule has 3 aromatic carbocycles. The zero-order valence-electron chi connectivity index (χ0n) is 25.9. The van der Waals surface area contributed by atoms with Crippen LogP contribution in [0, 0.1) is 17.0 Å². The predicted molar refractivity (Wildman–Crippen MR) is 176 cm³/mol. The van der Waals surface area contributed by atoms with Gasteiger partial charge in [0.1, 0.15) is 11.5 Å². The van der Waals surface area contributed by atoms with Crippen LogP contribution in [0.1, 0.15) is 35.4 Å². The third-order valence-corrected chi connectivity index (χ3v) is 8.67. The number of carbonyl (C=O) groups is 1. The van der Waals surface area contributed by atoms with Crippen molar-refractivity contribution in [3.05, 3.63) is 137 Å². The fraction of sp³-hybridized carbons (Fsp3) is 0.171. The molecule has 0 unspecified atom stereocenters. The number of aryl methyl sites for hydroxylation is 1. The molecule has 1 aliphatic heterocycles. The molecule has 0 aliphatic carbocycles. The van der Waals surface area contributed by atoms with E-state index in [1.165, 1.54) is 30.9 Å². The van der Waals surface area contributed by atoms with Crippen LogP contribution in [0.15, 0.2) is 98.6 Å². The minimum absolute atomic E-state index is 0.0137. The van der Waals surface area contributed by atoms with E-state index >= 15 is 0 Å². The zero-order valence-corrected chi connectivity index (χ0v) is 26.7. The van der Waals surface area contributed by atoms with Gasteiger partial charge in [0.2, 0.25) is 0 Å². The molecule has 5 aromatic rings. The molecule has 11 nitrogen and oxygen atoms in total. The van der Waals surface area contributed by atoms with E-state index in [1.807, 2.05) is 30.3 Å². The number of nitro groups is 1. The lowest BCUT2D eigenvalue weighted by Crippen LogP contribution is -2.40. The predicted octanol–water partition coefficient (Wildman–Crippen LogP) is 5.43. The molecular weight excluding hydrogens is 622 g/mol. The van der Waals surface area contributed by atoms with Gasteiger partial charge in [-0.05, 0) is 55.3 Å². The molecule has 6 rings (SSSR count). The average Bonchev–Trinajstić information content (AvgIpc) is 3.67. The van der Waals surface area contributed by atoms with Crippen molar-refractivity contribution in [2.45, 2.75) is 19.9 Å². The Bertz CT molecular complexity index is 2230. The highest BCUT2D eigenvalue weighted by atomic mass is 32.1. The minimum Gasteiger partial charge on any atom is -0.493 e. The first kappa shape index (κ1) is 31.2. The van der Waals surface area contributed by atoms with Crippen LogP contribution in [-0.2, 0) is 9.53 Å². The highest BCUT2D eigenvalue weighted by molar-refractivity contribution is 7.07. The summed E-state index contributed by atoms with van der Waals surface area (Å²) >= 11 is 1.16. The minimum atomic E-state index is -0.905. The summed E-state index contributed by atoms with van der Waals surface area (Å²) < 4.78 is 24.4. The molecule has 0 saturated heterocycles. The molecule has 2 aromatic heterocycles. The number of hydrogen-bond acceptors (Lipinski definition) is 10. The Morgan fingerprint density at radius 1 is 1.04 bits per heavy atom. The van der Waals surface area contributed by atoms with Crippen LogP contribution in [0.25, 0.3) is 23.1 Å². The molecule has 0 amide bonds. The molecule has 0 N–H and O–H groups in total. The molecule has 0 bridgehead atoms. The van der Waals surface area contributed by atoms with Crippen LogP contribution in [0.5, 0.6) is 11.5 Å². The topological polar surface area (TPSA) is 135 Å². The maximum atomic E-state index is 14.2. The van der Waals surface area contributed by atoms with Crippen molar-refractivity contribution >= 4 is 34.8 Å². The molecule has 1 atom stereocenters. The van der Waals surface area contributed by atoms with Gasteiger partial charge in [-0.15, -0.1) is 0 Å². The van der Waals surface area contributed by atoms with Crippen molar-refractivity contribution in [2.24, 2.45) is 4.99 Å². The van der Waals surface area contributed by atoms with Gasteiger partial charge in [0.05, 0.1) is 47.6 Å². The number of nitrogens with zero attached hydrogens (tertiary/aromatic N) is 3. The summed E-state index contributed by atoms with van der Waals surface area (Å²) in [5.74, 6) is 1.22. The van der Waals surface area contributed by atoms with Crippen molar-refractivity contribution in [1.82, 2.24) is 4.57 Å². The van der Waals surface area contributed by atoms with E-state index in [-0.39, 0.29) is 23.4 Å². The fourth-order valence-corrected chi connectivity index (χ4v) is 6.50. The lowest BCUT2D eigenvalue weighted by molar-refractivity contribution is -0.384. The van der Waals surface area contributed by atoms with Gasteiger partial charge in [-0.1, -0.05) is 47.7 Å². The van der Waals surface area contributed by atoms with Crippen LogP contribution in [-0.4, -0.2) is 36.3 Å². The molecule has 12 heteroatoms. The SMILES string of the molecule is CCOC(=O)C1=C(c2ccccc2)N=c2s/c(=C\c3ccc(-c4ccc([N+](=O)[O-])cc4C)o3)c(=O)n2[C@H]1c1ccc(OC)c(OC)c1. The van der Waals surface area contributed by atoms with Gasteiger partial charge in [-0.3, -0.25) is 19.5 Å². The van der Waals surface area contributed by atoms with Crippen LogP contribution in [0.2, 0.25) is 0 Å². The second-order valence-electron chi connectivity index (χ2n) is 10.5. The summed E-state index contributed by atoms with van der Waals surface area (Å²) in [7, 11) is 3.04. The van der Waals surface area contributed by atoms with Crippen molar-refractivity contribution in [3.63, 3.8) is 0 Å². The number of methoxy groups -OCH3 is 2. The van der Waals surface area contributed by atoms with E-state index in [0.717, 1.165) is 11.3 Å². The van der Waals surface area contributed by atoms with E-state index < -0.39 is 16.9 Å². The number of ether oxygens (including phenoxy) is 3. The first-order valence-electron chi connectivity index (χ1n) is 14.6. The Hall–Kier alpha value is -5.75. The number of esters is 1. The Morgan fingerprint density at radius 2 is 1.81 bits per heavy atom. The molecule has 0 saturated carbocycles. The van der Waals surface area contributed by atoms with Gasteiger partial charge in [0.15, 0.2) is 16.3 Å². The normalized spacial score (nSPS) is 14.4. The van der Waals surface area contributed by atoms with Crippen molar-refractivity contribution in [1.29, 1.82) is 0 Å². The second kappa shape index (κ2) is 12.9. The Labute approximate surface area is 272 Å². The van der Waals surface area contributed by atoms with Crippen molar-refractivity contribution < 1.29 is 28.3 Å². The van der Waals surface area contributed by atoms with Crippen LogP contribution >= 0.6 is 11.3 Å². The number of furan rings is 1. The number of rotatable bonds is 9. The molecule has 1 aliphatic rings. The highest BCUT2D eigenvalue weighted by Gasteiger charge is 2.35. The third kappa shape index (κ3) is 5.86. The van der Waals surface area contributed by atoms with E-state index in [0.29, 0.717) is 60.3 Å². The number of aromatic nitrogens is 1. The van der Waals surface area contributed by atoms with Crippen LogP contribution < -0.4 is 24.4 Å². The van der Waals surface area contributed by atoms with E-state index in [1.54, 1.807) is 56.3 Å². The Balaban J connectivity index is 1.55. The first-order chi connectivity index (χ1) is 22.7. The lowest BCUT2D eigenvalue weighted by atomic mass is 9.93. The quantitative estimate of drug-likeness (QED) is 0.117. The summed E-state index contributed by atoms with van der Waals surface area (Å²) in [4.78, 5) is 43.9. The molecule has 238 valence electrons.